The van der Waals surface area contributed by atoms with Gasteiger partial charge in [-0.05, 0) is 56.7 Å². The lowest BCUT2D eigenvalue weighted by molar-refractivity contribution is -0.140. The predicted octanol–water partition coefficient (Wildman–Crippen LogP) is 6.09. The van der Waals surface area contributed by atoms with Crippen LogP contribution in [-0.4, -0.2) is 44.3 Å². The molecule has 7 nitrogen and oxygen atoms in total. The molecule has 3 aromatic carbocycles. The number of anilines is 1. The van der Waals surface area contributed by atoms with Crippen molar-refractivity contribution in [2.24, 2.45) is 0 Å². The third-order valence-electron chi connectivity index (χ3n) is 6.14. The second kappa shape index (κ2) is 13.5. The molecular weight excluding hydrogens is 581 g/mol. The van der Waals surface area contributed by atoms with Gasteiger partial charge in [-0.15, -0.1) is 0 Å². The number of carbonyl (C=O) groups is 2. The number of rotatable bonds is 11. The fourth-order valence-electron chi connectivity index (χ4n) is 4.07. The maximum absolute atomic E-state index is 14.0. The van der Waals surface area contributed by atoms with Crippen LogP contribution >= 0.6 is 34.8 Å². The summed E-state index contributed by atoms with van der Waals surface area (Å²) in [6, 6.07) is 16.7. The van der Waals surface area contributed by atoms with E-state index in [9.17, 15) is 18.0 Å². The van der Waals surface area contributed by atoms with Crippen LogP contribution in [0.2, 0.25) is 15.1 Å². The van der Waals surface area contributed by atoms with Crippen LogP contribution in [-0.2, 0) is 26.2 Å². The van der Waals surface area contributed by atoms with Crippen LogP contribution in [0.15, 0.2) is 71.6 Å². The fourth-order valence-corrected chi connectivity index (χ4v) is 6.31. The van der Waals surface area contributed by atoms with Gasteiger partial charge in [0.2, 0.25) is 11.8 Å². The van der Waals surface area contributed by atoms with E-state index in [0.29, 0.717) is 22.2 Å². The molecule has 0 bridgehead atoms. The lowest BCUT2D eigenvalue weighted by atomic mass is 10.1. The third kappa shape index (κ3) is 7.25. The maximum Gasteiger partial charge on any atom is 0.264 e. The van der Waals surface area contributed by atoms with Crippen molar-refractivity contribution in [1.29, 1.82) is 0 Å². The van der Waals surface area contributed by atoms with Crippen molar-refractivity contribution in [1.82, 2.24) is 10.2 Å². The van der Waals surface area contributed by atoms with Crippen molar-refractivity contribution >= 4 is 62.3 Å². The van der Waals surface area contributed by atoms with Gasteiger partial charge >= 0.3 is 0 Å². The van der Waals surface area contributed by atoms with Crippen LogP contribution < -0.4 is 9.62 Å². The predicted molar refractivity (Wildman–Crippen MR) is 157 cm³/mol. The Morgan fingerprint density at radius 3 is 2.03 bits per heavy atom. The van der Waals surface area contributed by atoms with Crippen molar-refractivity contribution in [3.05, 3.63) is 92.9 Å². The number of hydrogen-bond acceptors (Lipinski definition) is 4. The van der Waals surface area contributed by atoms with E-state index >= 15 is 0 Å². The minimum absolute atomic E-state index is 0.00251. The molecule has 0 radical (unpaired) electrons. The molecule has 1 atom stereocenters. The largest absolute Gasteiger partial charge is 0.355 e. The normalized spacial score (nSPS) is 12.1. The molecule has 0 spiro atoms. The Hall–Kier alpha value is -2.78. The average Bonchev–Trinajstić information content (AvgIpc) is 2.89. The standard InChI is InChI=1S/C28H30Cl3N3O4S/c1-4-25(28(36)32-5-2)33(17-21-22(29)10-8-11-23(21)30)27(35)18-34(26-12-7-6-9-24(26)31)39(37,38)20-15-13-19(3)14-16-20/h6-16,25H,4-5,17-18H2,1-3H3,(H,32,36)/t25-/m1/s1. The van der Waals surface area contributed by atoms with Gasteiger partial charge in [-0.25, -0.2) is 8.42 Å². The summed E-state index contributed by atoms with van der Waals surface area (Å²) in [4.78, 5) is 28.3. The van der Waals surface area contributed by atoms with E-state index in [-0.39, 0.29) is 34.5 Å². The van der Waals surface area contributed by atoms with E-state index in [2.05, 4.69) is 5.32 Å². The van der Waals surface area contributed by atoms with Crippen LogP contribution in [0, 0.1) is 6.92 Å². The third-order valence-corrected chi connectivity index (χ3v) is 8.94. The van der Waals surface area contributed by atoms with Gasteiger partial charge in [-0.2, -0.15) is 0 Å². The molecule has 39 heavy (non-hydrogen) atoms. The van der Waals surface area contributed by atoms with Gasteiger partial charge in [-0.3, -0.25) is 13.9 Å². The quantitative estimate of drug-likeness (QED) is 0.285. The second-order valence-corrected chi connectivity index (χ2v) is 11.9. The Kier molecular flexibility index (Phi) is 10.7. The topological polar surface area (TPSA) is 86.8 Å². The van der Waals surface area contributed by atoms with Gasteiger partial charge in [0.15, 0.2) is 0 Å². The highest BCUT2D eigenvalue weighted by Gasteiger charge is 2.34. The average molecular weight is 611 g/mol. The van der Waals surface area contributed by atoms with Crippen LogP contribution in [0.25, 0.3) is 0 Å². The molecule has 0 unspecified atom stereocenters. The van der Waals surface area contributed by atoms with Crippen LogP contribution in [0.3, 0.4) is 0 Å². The Bertz CT molecular complexity index is 1410. The molecule has 208 valence electrons. The number of nitrogens with one attached hydrogen (secondary N) is 1. The molecule has 3 aromatic rings. The molecule has 0 heterocycles. The van der Waals surface area contributed by atoms with Crippen molar-refractivity contribution < 1.29 is 18.0 Å². The summed E-state index contributed by atoms with van der Waals surface area (Å²) in [6.45, 7) is 5.03. The molecule has 11 heteroatoms. The Morgan fingerprint density at radius 1 is 0.872 bits per heavy atom. The molecule has 2 amide bonds. The van der Waals surface area contributed by atoms with Crippen LogP contribution in [0.4, 0.5) is 5.69 Å². The number of nitrogens with zero attached hydrogens (tertiary/aromatic N) is 2. The number of halogens is 3. The van der Waals surface area contributed by atoms with Crippen molar-refractivity contribution in [3.63, 3.8) is 0 Å². The minimum Gasteiger partial charge on any atom is -0.355 e. The number of sulfonamides is 1. The number of carbonyl (C=O) groups excluding carboxylic acids is 2. The highest BCUT2D eigenvalue weighted by Crippen LogP contribution is 2.32. The number of benzene rings is 3. The fraction of sp³-hybridized carbons (Fsp3) is 0.286. The van der Waals surface area contributed by atoms with Gasteiger partial charge in [0, 0.05) is 28.7 Å². The summed E-state index contributed by atoms with van der Waals surface area (Å²) in [5.41, 5.74) is 1.46. The number of likely N-dealkylation sites (N-methyl/N-ethyl adjacent to an activating group) is 1. The lowest BCUT2D eigenvalue weighted by Gasteiger charge is -2.33. The molecule has 0 saturated carbocycles. The van der Waals surface area contributed by atoms with Gasteiger partial charge in [0.05, 0.1) is 15.6 Å². The summed E-state index contributed by atoms with van der Waals surface area (Å²) in [5, 5.41) is 3.54. The first kappa shape index (κ1) is 30.8. The summed E-state index contributed by atoms with van der Waals surface area (Å²) < 4.78 is 28.7. The van der Waals surface area contributed by atoms with E-state index in [1.165, 1.54) is 23.1 Å². The molecule has 0 aliphatic carbocycles. The van der Waals surface area contributed by atoms with Gasteiger partial charge < -0.3 is 10.2 Å². The van der Waals surface area contributed by atoms with Crippen molar-refractivity contribution in [2.75, 3.05) is 17.4 Å². The molecule has 0 fully saturated rings. The molecule has 0 aliphatic rings. The Balaban J connectivity index is 2.11. The summed E-state index contributed by atoms with van der Waals surface area (Å²) >= 11 is 19.2. The van der Waals surface area contributed by atoms with Gasteiger partial charge in [-0.1, -0.05) is 77.6 Å². The van der Waals surface area contributed by atoms with E-state index in [0.717, 1.165) is 9.87 Å². The minimum atomic E-state index is -4.23. The number of para-hydroxylation sites is 1. The first-order valence-corrected chi connectivity index (χ1v) is 14.9. The Labute approximate surface area is 244 Å². The van der Waals surface area contributed by atoms with E-state index in [1.54, 1.807) is 62.4 Å². The first-order chi connectivity index (χ1) is 18.5. The number of amides is 2. The molecule has 0 aliphatic heterocycles. The second-order valence-electron chi connectivity index (χ2n) is 8.82. The maximum atomic E-state index is 14.0. The van der Waals surface area contributed by atoms with E-state index < -0.39 is 28.5 Å². The zero-order valence-corrected chi connectivity index (χ0v) is 24.9. The number of aryl methyl sites for hydroxylation is 1. The van der Waals surface area contributed by atoms with Crippen molar-refractivity contribution in [2.45, 2.75) is 44.7 Å². The van der Waals surface area contributed by atoms with Crippen molar-refractivity contribution in [3.8, 4) is 0 Å². The lowest BCUT2D eigenvalue weighted by Crippen LogP contribution is -2.52. The molecule has 0 aromatic heterocycles. The smallest absolute Gasteiger partial charge is 0.264 e. The van der Waals surface area contributed by atoms with E-state index in [1.807, 2.05) is 6.92 Å². The number of hydrogen-bond donors (Lipinski definition) is 1. The molecule has 3 rings (SSSR count). The molecule has 0 saturated heterocycles. The van der Waals surface area contributed by atoms with Crippen LogP contribution in [0.5, 0.6) is 0 Å². The zero-order valence-electron chi connectivity index (χ0n) is 21.8. The van der Waals surface area contributed by atoms with Gasteiger partial charge in [0.1, 0.15) is 12.6 Å². The monoisotopic (exact) mass is 609 g/mol. The SMILES string of the molecule is CCNC(=O)[C@@H](CC)N(Cc1c(Cl)cccc1Cl)C(=O)CN(c1ccccc1Cl)S(=O)(=O)c1ccc(C)cc1. The summed E-state index contributed by atoms with van der Waals surface area (Å²) in [7, 11) is -4.23. The molecular formula is C28H30Cl3N3O4S. The highest BCUT2D eigenvalue weighted by molar-refractivity contribution is 7.92. The Morgan fingerprint density at radius 2 is 1.46 bits per heavy atom. The van der Waals surface area contributed by atoms with Gasteiger partial charge in [0.25, 0.3) is 10.0 Å². The first-order valence-electron chi connectivity index (χ1n) is 12.3. The summed E-state index contributed by atoms with van der Waals surface area (Å²) in [5.74, 6) is -0.998. The van der Waals surface area contributed by atoms with Crippen LogP contribution in [0.1, 0.15) is 31.4 Å². The van der Waals surface area contributed by atoms with E-state index in [4.69, 9.17) is 34.8 Å². The highest BCUT2D eigenvalue weighted by atomic mass is 35.5. The summed E-state index contributed by atoms with van der Waals surface area (Å²) in [6.07, 6.45) is 0.274. The molecule has 1 N–H and O–H groups in total. The zero-order chi connectivity index (χ0) is 28.7.